The van der Waals surface area contributed by atoms with Crippen molar-refractivity contribution in [2.75, 3.05) is 5.33 Å². The zero-order chi connectivity index (χ0) is 7.44. The van der Waals surface area contributed by atoms with Gasteiger partial charge in [-0.05, 0) is 0 Å². The third kappa shape index (κ3) is 3.57. The molecule has 0 aromatic carbocycles. The van der Waals surface area contributed by atoms with E-state index in [0.717, 1.165) is 0 Å². The highest BCUT2D eigenvalue weighted by Gasteiger charge is 2.21. The van der Waals surface area contributed by atoms with Gasteiger partial charge in [0.05, 0.1) is 9.65 Å². The van der Waals surface area contributed by atoms with Gasteiger partial charge in [0.1, 0.15) is 0 Å². The van der Waals surface area contributed by atoms with Crippen LogP contribution in [-0.2, 0) is 4.79 Å². The van der Waals surface area contributed by atoms with Crippen molar-refractivity contribution in [3.63, 3.8) is 0 Å². The Morgan fingerprint density at radius 3 is 2.00 bits per heavy atom. The first-order valence-corrected chi connectivity index (χ1v) is 5.11. The zero-order valence-electron chi connectivity index (χ0n) is 4.35. The minimum atomic E-state index is -0.814. The fourth-order valence-electron chi connectivity index (χ4n) is 0.241. The first kappa shape index (κ1) is 9.91. The summed E-state index contributed by atoms with van der Waals surface area (Å²) in [6.45, 7) is 0. The summed E-state index contributed by atoms with van der Waals surface area (Å²) in [5.74, 6) is -1.23. The molecule has 0 bridgehead atoms. The van der Waals surface area contributed by atoms with Crippen LogP contribution in [0.15, 0.2) is 0 Å². The van der Waals surface area contributed by atoms with E-state index in [9.17, 15) is 4.79 Å². The monoisotopic (exact) mass is 322 g/mol. The van der Waals surface area contributed by atoms with Gasteiger partial charge in [-0.1, -0.05) is 47.8 Å². The molecule has 0 aromatic heterocycles. The largest absolute Gasteiger partial charge is 0.481 e. The minimum absolute atomic E-state index is 0.165. The summed E-state index contributed by atoms with van der Waals surface area (Å²) in [4.78, 5) is 10.3. The van der Waals surface area contributed by atoms with Crippen molar-refractivity contribution in [2.45, 2.75) is 3.74 Å². The van der Waals surface area contributed by atoms with Crippen LogP contribution in [0.2, 0.25) is 0 Å². The van der Waals surface area contributed by atoms with Crippen LogP contribution in [0.25, 0.3) is 0 Å². The van der Waals surface area contributed by atoms with Gasteiger partial charge in [-0.25, -0.2) is 0 Å². The van der Waals surface area contributed by atoms with Gasteiger partial charge >= 0.3 is 5.97 Å². The highest BCUT2D eigenvalue weighted by atomic mass is 79.9. The molecular formula is C4H5Br3O2. The first-order valence-electron chi connectivity index (χ1n) is 2.16. The fourth-order valence-corrected chi connectivity index (χ4v) is 2.72. The van der Waals surface area contributed by atoms with Gasteiger partial charge in [-0.3, -0.25) is 4.79 Å². The summed E-state index contributed by atoms with van der Waals surface area (Å²) in [6.07, 6.45) is 0. The maximum Gasteiger partial charge on any atom is 0.309 e. The molecule has 0 amide bonds. The molecule has 0 saturated carbocycles. The number of halogens is 3. The highest BCUT2D eigenvalue weighted by molar-refractivity contribution is 9.24. The van der Waals surface area contributed by atoms with Crippen LogP contribution in [0.4, 0.5) is 0 Å². The maximum atomic E-state index is 10.3. The van der Waals surface area contributed by atoms with Crippen LogP contribution in [-0.4, -0.2) is 20.1 Å². The van der Waals surface area contributed by atoms with Crippen LogP contribution in [0, 0.1) is 5.92 Å². The first-order chi connectivity index (χ1) is 4.09. The van der Waals surface area contributed by atoms with E-state index < -0.39 is 11.9 Å². The number of aliphatic carboxylic acids is 1. The molecular weight excluding hydrogens is 320 g/mol. The summed E-state index contributed by atoms with van der Waals surface area (Å²) < 4.78 is -0.165. The second-order valence-electron chi connectivity index (χ2n) is 1.43. The van der Waals surface area contributed by atoms with Gasteiger partial charge in [-0.2, -0.15) is 0 Å². The summed E-state index contributed by atoms with van der Waals surface area (Å²) in [5.41, 5.74) is 0. The Morgan fingerprint density at radius 2 is 2.00 bits per heavy atom. The average Bonchev–Trinajstić information content (AvgIpc) is 1.64. The highest BCUT2D eigenvalue weighted by Crippen LogP contribution is 2.21. The number of carboxylic acid groups (broad SMARTS) is 1. The third-order valence-electron chi connectivity index (χ3n) is 0.788. The maximum absolute atomic E-state index is 10.3. The molecule has 0 spiro atoms. The molecule has 1 N–H and O–H groups in total. The summed E-state index contributed by atoms with van der Waals surface area (Å²) in [6, 6.07) is 0. The normalized spacial score (nSPS) is 13.8. The summed E-state index contributed by atoms with van der Waals surface area (Å²) in [5, 5.41) is 8.90. The lowest BCUT2D eigenvalue weighted by Crippen LogP contribution is -2.20. The molecule has 0 aromatic rings. The Labute approximate surface area is 78.4 Å². The quantitative estimate of drug-likeness (QED) is 0.808. The van der Waals surface area contributed by atoms with Gasteiger partial charge in [0.15, 0.2) is 0 Å². The Bertz CT molecular complexity index is 104. The predicted octanol–water partition coefficient (Wildman–Crippen LogP) is 2.20. The van der Waals surface area contributed by atoms with Crippen LogP contribution in [0.1, 0.15) is 0 Å². The van der Waals surface area contributed by atoms with Crippen LogP contribution < -0.4 is 0 Å². The number of carboxylic acids is 1. The summed E-state index contributed by atoms with van der Waals surface area (Å²) in [7, 11) is 0. The molecule has 0 aliphatic carbocycles. The number of rotatable bonds is 3. The van der Waals surface area contributed by atoms with Crippen LogP contribution in [0.5, 0.6) is 0 Å². The van der Waals surface area contributed by atoms with Gasteiger partial charge in [-0.15, -0.1) is 0 Å². The Morgan fingerprint density at radius 1 is 1.56 bits per heavy atom. The molecule has 0 aliphatic heterocycles. The number of carbonyl (C=O) groups is 1. The van der Waals surface area contributed by atoms with E-state index >= 15 is 0 Å². The van der Waals surface area contributed by atoms with Gasteiger partial charge in [0, 0.05) is 5.33 Å². The molecule has 0 rings (SSSR count). The van der Waals surface area contributed by atoms with E-state index in [0.29, 0.717) is 5.33 Å². The fraction of sp³-hybridized carbons (Fsp3) is 0.750. The SMILES string of the molecule is O=C(O)C(CBr)C(Br)Br. The lowest BCUT2D eigenvalue weighted by atomic mass is 10.2. The molecule has 0 saturated heterocycles. The number of hydrogen-bond acceptors (Lipinski definition) is 1. The average molecular weight is 325 g/mol. The van der Waals surface area contributed by atoms with Crippen molar-refractivity contribution >= 4 is 53.8 Å². The lowest BCUT2D eigenvalue weighted by Gasteiger charge is -2.07. The van der Waals surface area contributed by atoms with E-state index in [1.807, 2.05) is 0 Å². The lowest BCUT2D eigenvalue weighted by molar-refractivity contribution is -0.140. The Balaban J connectivity index is 3.83. The summed E-state index contributed by atoms with van der Waals surface area (Å²) >= 11 is 9.29. The second-order valence-corrected chi connectivity index (χ2v) is 5.28. The van der Waals surface area contributed by atoms with Crippen molar-refractivity contribution in [2.24, 2.45) is 5.92 Å². The van der Waals surface area contributed by atoms with E-state index in [4.69, 9.17) is 5.11 Å². The topological polar surface area (TPSA) is 37.3 Å². The molecule has 1 unspecified atom stereocenters. The van der Waals surface area contributed by atoms with Crippen molar-refractivity contribution in [1.82, 2.24) is 0 Å². The van der Waals surface area contributed by atoms with E-state index in [1.54, 1.807) is 0 Å². The molecule has 1 atom stereocenters. The van der Waals surface area contributed by atoms with Gasteiger partial charge < -0.3 is 5.11 Å². The zero-order valence-corrected chi connectivity index (χ0v) is 9.11. The standard InChI is InChI=1S/C4H5Br3O2/c5-1-2(3(6)7)4(8)9/h2-3H,1H2,(H,8,9). The molecule has 0 aliphatic rings. The Kier molecular flexibility index (Phi) is 5.16. The van der Waals surface area contributed by atoms with E-state index in [1.165, 1.54) is 0 Å². The molecule has 0 radical (unpaired) electrons. The van der Waals surface area contributed by atoms with Crippen molar-refractivity contribution in [3.8, 4) is 0 Å². The van der Waals surface area contributed by atoms with E-state index in [-0.39, 0.29) is 3.74 Å². The molecule has 0 heterocycles. The van der Waals surface area contributed by atoms with Crippen molar-refractivity contribution in [3.05, 3.63) is 0 Å². The van der Waals surface area contributed by atoms with Crippen molar-refractivity contribution in [1.29, 1.82) is 0 Å². The van der Waals surface area contributed by atoms with Crippen molar-refractivity contribution < 1.29 is 9.90 Å². The smallest absolute Gasteiger partial charge is 0.309 e. The molecule has 0 fully saturated rings. The minimum Gasteiger partial charge on any atom is -0.481 e. The third-order valence-corrected chi connectivity index (χ3v) is 2.76. The number of hydrogen-bond donors (Lipinski definition) is 1. The number of alkyl halides is 3. The van der Waals surface area contributed by atoms with Gasteiger partial charge in [0.25, 0.3) is 0 Å². The molecule has 9 heavy (non-hydrogen) atoms. The Hall–Kier alpha value is 0.910. The molecule has 5 heteroatoms. The molecule has 2 nitrogen and oxygen atoms in total. The van der Waals surface area contributed by atoms with Crippen LogP contribution in [0.3, 0.4) is 0 Å². The second kappa shape index (κ2) is 4.68. The predicted molar refractivity (Wildman–Crippen MR) is 46.6 cm³/mol. The van der Waals surface area contributed by atoms with Crippen LogP contribution >= 0.6 is 47.8 Å². The van der Waals surface area contributed by atoms with Gasteiger partial charge in [0.2, 0.25) is 0 Å². The molecule has 54 valence electrons. The van der Waals surface area contributed by atoms with E-state index in [2.05, 4.69) is 47.8 Å².